The molecule has 1 amide bonds. The molecule has 2 aromatic rings. The Morgan fingerprint density at radius 2 is 2.00 bits per heavy atom. The van der Waals surface area contributed by atoms with Gasteiger partial charge in [-0.25, -0.2) is 0 Å². The van der Waals surface area contributed by atoms with E-state index in [1.54, 1.807) is 0 Å². The van der Waals surface area contributed by atoms with E-state index < -0.39 is 0 Å². The van der Waals surface area contributed by atoms with Crippen molar-refractivity contribution in [1.82, 2.24) is 20.1 Å². The first kappa shape index (κ1) is 18.5. The fraction of sp³-hybridized carbons (Fsp3) is 0.571. The van der Waals surface area contributed by atoms with Gasteiger partial charge in [0, 0.05) is 18.7 Å². The molecule has 2 saturated carbocycles. The minimum Gasteiger partial charge on any atom is -0.352 e. The van der Waals surface area contributed by atoms with Crippen molar-refractivity contribution in [3.63, 3.8) is 0 Å². The van der Waals surface area contributed by atoms with Crippen LogP contribution in [0.3, 0.4) is 0 Å². The Kier molecular flexibility index (Phi) is 4.57. The third kappa shape index (κ3) is 2.98. The standard InChI is InChI=1S/C21H28N4OS/c1-20(2)15-10-11-21(20,3)16(12-15)22-17(26)13-27-19-24-23-18(25(19)4)14-8-6-5-7-9-14/h5-9,15-16H,10-13H2,1-4H3,(H,22,26). The van der Waals surface area contributed by atoms with Crippen LogP contribution >= 0.6 is 11.8 Å². The Hall–Kier alpha value is -1.82. The first-order valence-corrected chi connectivity index (χ1v) is 10.7. The summed E-state index contributed by atoms with van der Waals surface area (Å²) in [5, 5.41) is 12.6. The van der Waals surface area contributed by atoms with Crippen molar-refractivity contribution in [2.75, 3.05) is 5.75 Å². The first-order valence-electron chi connectivity index (χ1n) is 9.70. The van der Waals surface area contributed by atoms with Crippen molar-refractivity contribution in [1.29, 1.82) is 0 Å². The van der Waals surface area contributed by atoms with Crippen LogP contribution in [0, 0.1) is 16.7 Å². The quantitative estimate of drug-likeness (QED) is 0.794. The molecular weight excluding hydrogens is 356 g/mol. The van der Waals surface area contributed by atoms with Gasteiger partial charge in [-0.15, -0.1) is 10.2 Å². The molecule has 0 saturated heterocycles. The first-order chi connectivity index (χ1) is 12.8. The molecule has 1 heterocycles. The molecule has 3 atom stereocenters. The lowest BCUT2D eigenvalue weighted by atomic mass is 9.69. The number of aromatic nitrogens is 3. The maximum Gasteiger partial charge on any atom is 0.230 e. The summed E-state index contributed by atoms with van der Waals surface area (Å²) in [6.45, 7) is 7.10. The van der Waals surface area contributed by atoms with Gasteiger partial charge in [-0.1, -0.05) is 62.9 Å². The van der Waals surface area contributed by atoms with Crippen LogP contribution in [0.25, 0.3) is 11.4 Å². The molecule has 2 aliphatic rings. The number of carbonyl (C=O) groups excluding carboxylic acids is 1. The fourth-order valence-corrected chi connectivity index (χ4v) is 5.79. The van der Waals surface area contributed by atoms with Gasteiger partial charge >= 0.3 is 0 Å². The number of nitrogens with one attached hydrogen (secondary N) is 1. The average molecular weight is 385 g/mol. The highest BCUT2D eigenvalue weighted by Crippen LogP contribution is 2.65. The summed E-state index contributed by atoms with van der Waals surface area (Å²) in [6.07, 6.45) is 3.63. The number of fused-ring (bicyclic) bond motifs is 2. The lowest BCUT2D eigenvalue weighted by molar-refractivity contribution is -0.120. The van der Waals surface area contributed by atoms with Gasteiger partial charge in [0.05, 0.1) is 5.75 Å². The Morgan fingerprint density at radius 3 is 2.63 bits per heavy atom. The fourth-order valence-electron chi connectivity index (χ4n) is 5.07. The Balaban J connectivity index is 1.38. The molecule has 5 nitrogen and oxygen atoms in total. The number of hydrogen-bond donors (Lipinski definition) is 1. The van der Waals surface area contributed by atoms with Crippen LogP contribution in [0.5, 0.6) is 0 Å². The van der Waals surface area contributed by atoms with Crippen LogP contribution in [0.2, 0.25) is 0 Å². The summed E-state index contributed by atoms with van der Waals surface area (Å²) in [6, 6.07) is 10.3. The number of thioether (sulfide) groups is 1. The monoisotopic (exact) mass is 384 g/mol. The van der Waals surface area contributed by atoms with Gasteiger partial charge < -0.3 is 9.88 Å². The van der Waals surface area contributed by atoms with Crippen molar-refractivity contribution in [3.8, 4) is 11.4 Å². The van der Waals surface area contributed by atoms with Crippen LogP contribution < -0.4 is 5.32 Å². The van der Waals surface area contributed by atoms with E-state index in [2.05, 4.69) is 36.3 Å². The van der Waals surface area contributed by atoms with Crippen molar-refractivity contribution in [2.24, 2.45) is 23.8 Å². The van der Waals surface area contributed by atoms with Crippen LogP contribution in [0.4, 0.5) is 0 Å². The summed E-state index contributed by atoms with van der Waals surface area (Å²) in [7, 11) is 1.95. The van der Waals surface area contributed by atoms with E-state index in [1.165, 1.54) is 24.6 Å². The predicted molar refractivity (Wildman–Crippen MR) is 108 cm³/mol. The van der Waals surface area contributed by atoms with Gasteiger partial charge in [-0.2, -0.15) is 0 Å². The van der Waals surface area contributed by atoms with Gasteiger partial charge in [0.15, 0.2) is 11.0 Å². The van der Waals surface area contributed by atoms with Crippen LogP contribution in [-0.2, 0) is 11.8 Å². The maximum absolute atomic E-state index is 12.6. The van der Waals surface area contributed by atoms with Crippen molar-refractivity contribution in [3.05, 3.63) is 30.3 Å². The van der Waals surface area contributed by atoms with Crippen LogP contribution in [0.1, 0.15) is 40.0 Å². The third-order valence-electron chi connectivity index (χ3n) is 7.33. The molecule has 4 rings (SSSR count). The van der Waals surface area contributed by atoms with Crippen molar-refractivity contribution >= 4 is 17.7 Å². The smallest absolute Gasteiger partial charge is 0.230 e. The zero-order valence-corrected chi connectivity index (χ0v) is 17.3. The Bertz CT molecular complexity index is 847. The minimum atomic E-state index is 0.0961. The molecule has 6 heteroatoms. The van der Waals surface area contributed by atoms with E-state index in [-0.39, 0.29) is 11.3 Å². The summed E-state index contributed by atoms with van der Waals surface area (Å²) in [5.41, 5.74) is 1.55. The second-order valence-corrected chi connectivity index (χ2v) is 9.69. The molecule has 2 fully saturated rings. The second-order valence-electron chi connectivity index (χ2n) is 8.75. The molecular formula is C21H28N4OS. The molecule has 144 valence electrons. The normalized spacial score (nSPS) is 28.4. The Labute approximate surface area is 165 Å². The van der Waals surface area contributed by atoms with E-state index in [1.807, 2.05) is 41.9 Å². The highest BCUT2D eigenvalue weighted by molar-refractivity contribution is 7.99. The van der Waals surface area contributed by atoms with Crippen molar-refractivity contribution in [2.45, 2.75) is 51.2 Å². The lowest BCUT2D eigenvalue weighted by Gasteiger charge is -2.39. The molecule has 1 aromatic heterocycles. The molecule has 0 spiro atoms. The number of rotatable bonds is 5. The van der Waals surface area contributed by atoms with E-state index >= 15 is 0 Å². The van der Waals surface area contributed by atoms with E-state index in [4.69, 9.17) is 0 Å². The van der Waals surface area contributed by atoms with Gasteiger partial charge in [0.1, 0.15) is 0 Å². The molecule has 2 bridgehead atoms. The Morgan fingerprint density at radius 1 is 1.26 bits per heavy atom. The summed E-state index contributed by atoms with van der Waals surface area (Å²) < 4.78 is 1.95. The number of amides is 1. The average Bonchev–Trinajstić information content (AvgIpc) is 3.18. The summed E-state index contributed by atoms with van der Waals surface area (Å²) in [4.78, 5) is 12.6. The zero-order chi connectivity index (χ0) is 19.2. The summed E-state index contributed by atoms with van der Waals surface area (Å²) >= 11 is 1.45. The molecule has 2 aliphatic carbocycles. The van der Waals surface area contributed by atoms with E-state index in [0.717, 1.165) is 28.9 Å². The number of hydrogen-bond acceptors (Lipinski definition) is 4. The topological polar surface area (TPSA) is 59.8 Å². The largest absolute Gasteiger partial charge is 0.352 e. The van der Waals surface area contributed by atoms with Crippen LogP contribution in [-0.4, -0.2) is 32.5 Å². The van der Waals surface area contributed by atoms with Crippen molar-refractivity contribution < 1.29 is 4.79 Å². The maximum atomic E-state index is 12.6. The summed E-state index contributed by atoms with van der Waals surface area (Å²) in [5.74, 6) is 2.02. The van der Waals surface area contributed by atoms with Gasteiger partial charge in [-0.05, 0) is 36.0 Å². The van der Waals surface area contributed by atoms with Gasteiger partial charge in [0.2, 0.25) is 5.91 Å². The highest BCUT2D eigenvalue weighted by Gasteiger charge is 2.61. The minimum absolute atomic E-state index is 0.0961. The van der Waals surface area contributed by atoms with Gasteiger partial charge in [-0.3, -0.25) is 4.79 Å². The predicted octanol–water partition coefficient (Wildman–Crippen LogP) is 3.91. The number of benzene rings is 1. The van der Waals surface area contributed by atoms with E-state index in [0.29, 0.717) is 17.2 Å². The SMILES string of the molecule is Cn1c(SCC(=O)NC2CC3CCC2(C)C3(C)C)nnc1-c1ccccc1. The molecule has 1 aromatic carbocycles. The van der Waals surface area contributed by atoms with E-state index in [9.17, 15) is 4.79 Å². The highest BCUT2D eigenvalue weighted by atomic mass is 32.2. The molecule has 1 N–H and O–H groups in total. The molecule has 27 heavy (non-hydrogen) atoms. The molecule has 0 radical (unpaired) electrons. The molecule has 3 unspecified atom stereocenters. The second kappa shape index (κ2) is 6.66. The third-order valence-corrected chi connectivity index (χ3v) is 8.35. The van der Waals surface area contributed by atoms with Crippen LogP contribution in [0.15, 0.2) is 35.5 Å². The van der Waals surface area contributed by atoms with Gasteiger partial charge in [0.25, 0.3) is 0 Å². The lowest BCUT2D eigenvalue weighted by Crippen LogP contribution is -2.47. The zero-order valence-electron chi connectivity index (χ0n) is 16.5. The number of nitrogens with zero attached hydrogens (tertiary/aromatic N) is 3. The number of carbonyl (C=O) groups is 1. The molecule has 0 aliphatic heterocycles.